The molecular formula is C19H18FN3O2. The molecule has 1 aromatic heterocycles. The Hall–Kier alpha value is -2.99. The highest BCUT2D eigenvalue weighted by atomic mass is 19.1. The van der Waals surface area contributed by atoms with Crippen LogP contribution < -0.4 is 5.32 Å². The molecule has 0 saturated carbocycles. The molecule has 0 aliphatic carbocycles. The number of carbonyl (C=O) groups is 1. The summed E-state index contributed by atoms with van der Waals surface area (Å²) in [7, 11) is 0. The van der Waals surface area contributed by atoms with E-state index in [1.807, 2.05) is 37.3 Å². The molecule has 3 rings (SSSR count). The van der Waals surface area contributed by atoms with Gasteiger partial charge in [0.15, 0.2) is 0 Å². The van der Waals surface area contributed by atoms with E-state index in [0.717, 1.165) is 11.4 Å². The Morgan fingerprint density at radius 2 is 2.00 bits per heavy atom. The molecule has 0 aliphatic heterocycles. The standard InChI is InChI=1S/C19H18FN3O2/c1-13-17(12-21-23(13)16-8-3-2-4-9-16)22-19(25)11-18(24)14-6-5-7-15(20)10-14/h2-10,12,18,24H,11H2,1H3,(H,22,25). The van der Waals surface area contributed by atoms with Crippen LogP contribution in [0.15, 0.2) is 60.8 Å². The average molecular weight is 339 g/mol. The molecule has 2 aromatic carbocycles. The smallest absolute Gasteiger partial charge is 0.227 e. The van der Waals surface area contributed by atoms with E-state index in [1.54, 1.807) is 16.9 Å². The lowest BCUT2D eigenvalue weighted by Gasteiger charge is -2.11. The first-order chi connectivity index (χ1) is 12.0. The second-order valence-electron chi connectivity index (χ2n) is 5.71. The van der Waals surface area contributed by atoms with Crippen molar-refractivity contribution in [1.29, 1.82) is 0 Å². The summed E-state index contributed by atoms with van der Waals surface area (Å²) in [5, 5.41) is 17.1. The molecule has 25 heavy (non-hydrogen) atoms. The Bertz CT molecular complexity index is 877. The highest BCUT2D eigenvalue weighted by Gasteiger charge is 2.16. The van der Waals surface area contributed by atoms with Crippen LogP contribution in [0, 0.1) is 12.7 Å². The molecule has 2 N–H and O–H groups in total. The van der Waals surface area contributed by atoms with E-state index < -0.39 is 11.9 Å². The number of aliphatic hydroxyl groups is 1. The van der Waals surface area contributed by atoms with Crippen molar-refractivity contribution in [3.05, 3.63) is 77.9 Å². The van der Waals surface area contributed by atoms with Gasteiger partial charge in [-0.05, 0) is 36.8 Å². The number of benzene rings is 2. The fourth-order valence-corrected chi connectivity index (χ4v) is 2.57. The molecule has 1 atom stereocenters. The minimum Gasteiger partial charge on any atom is -0.388 e. The van der Waals surface area contributed by atoms with Gasteiger partial charge in [-0.3, -0.25) is 4.79 Å². The van der Waals surface area contributed by atoms with Crippen molar-refractivity contribution in [3.8, 4) is 5.69 Å². The number of aromatic nitrogens is 2. The molecule has 1 amide bonds. The number of hydrogen-bond acceptors (Lipinski definition) is 3. The van der Waals surface area contributed by atoms with Crippen molar-refractivity contribution in [2.45, 2.75) is 19.4 Å². The van der Waals surface area contributed by atoms with Crippen LogP contribution >= 0.6 is 0 Å². The first-order valence-electron chi connectivity index (χ1n) is 7.88. The molecule has 3 aromatic rings. The Kier molecular flexibility index (Phi) is 4.90. The summed E-state index contributed by atoms with van der Waals surface area (Å²) in [6, 6.07) is 15.2. The number of amides is 1. The van der Waals surface area contributed by atoms with Crippen LogP contribution in [0.2, 0.25) is 0 Å². The number of rotatable bonds is 5. The molecule has 0 spiro atoms. The van der Waals surface area contributed by atoms with Crippen LogP contribution in [-0.2, 0) is 4.79 Å². The third kappa shape index (κ3) is 3.92. The molecule has 1 unspecified atom stereocenters. The molecule has 128 valence electrons. The van der Waals surface area contributed by atoms with Crippen LogP contribution in [0.4, 0.5) is 10.1 Å². The number of para-hydroxylation sites is 1. The van der Waals surface area contributed by atoms with Crippen molar-refractivity contribution in [1.82, 2.24) is 9.78 Å². The third-order valence-corrected chi connectivity index (χ3v) is 3.90. The normalized spacial score (nSPS) is 12.0. The monoisotopic (exact) mass is 339 g/mol. The summed E-state index contributed by atoms with van der Waals surface area (Å²) < 4.78 is 14.9. The molecule has 5 nitrogen and oxygen atoms in total. The average Bonchev–Trinajstić information content (AvgIpc) is 2.96. The minimum atomic E-state index is -1.07. The second kappa shape index (κ2) is 7.27. The molecule has 1 heterocycles. The van der Waals surface area contributed by atoms with Gasteiger partial charge >= 0.3 is 0 Å². The Morgan fingerprint density at radius 3 is 2.72 bits per heavy atom. The highest BCUT2D eigenvalue weighted by Crippen LogP contribution is 2.21. The van der Waals surface area contributed by atoms with Gasteiger partial charge in [0.05, 0.1) is 35.8 Å². The van der Waals surface area contributed by atoms with E-state index in [1.165, 1.54) is 18.2 Å². The van der Waals surface area contributed by atoms with Gasteiger partial charge in [-0.2, -0.15) is 5.10 Å². The Labute approximate surface area is 144 Å². The van der Waals surface area contributed by atoms with Crippen molar-refractivity contribution >= 4 is 11.6 Å². The highest BCUT2D eigenvalue weighted by molar-refractivity contribution is 5.91. The zero-order valence-electron chi connectivity index (χ0n) is 13.7. The zero-order chi connectivity index (χ0) is 17.8. The van der Waals surface area contributed by atoms with E-state index in [-0.39, 0.29) is 12.3 Å². The molecule has 0 radical (unpaired) electrons. The number of nitrogens with one attached hydrogen (secondary N) is 1. The zero-order valence-corrected chi connectivity index (χ0v) is 13.7. The third-order valence-electron chi connectivity index (χ3n) is 3.90. The summed E-state index contributed by atoms with van der Waals surface area (Å²) in [5.74, 6) is -0.815. The summed E-state index contributed by atoms with van der Waals surface area (Å²) in [4.78, 5) is 12.2. The van der Waals surface area contributed by atoms with E-state index in [4.69, 9.17) is 0 Å². The van der Waals surface area contributed by atoms with Crippen LogP contribution in [-0.4, -0.2) is 20.8 Å². The van der Waals surface area contributed by atoms with Crippen LogP contribution in [0.3, 0.4) is 0 Å². The number of nitrogens with zero attached hydrogens (tertiary/aromatic N) is 2. The largest absolute Gasteiger partial charge is 0.388 e. The fourth-order valence-electron chi connectivity index (χ4n) is 2.57. The van der Waals surface area contributed by atoms with Crippen molar-refractivity contribution in [2.75, 3.05) is 5.32 Å². The SMILES string of the molecule is Cc1c(NC(=O)CC(O)c2cccc(F)c2)cnn1-c1ccccc1. The molecular weight excluding hydrogens is 321 g/mol. The predicted octanol–water partition coefficient (Wildman–Crippen LogP) is 3.38. The van der Waals surface area contributed by atoms with Crippen LogP contribution in [0.1, 0.15) is 23.8 Å². The first-order valence-corrected chi connectivity index (χ1v) is 7.88. The molecule has 0 bridgehead atoms. The van der Waals surface area contributed by atoms with Crippen molar-refractivity contribution in [2.24, 2.45) is 0 Å². The molecule has 0 saturated heterocycles. The van der Waals surface area contributed by atoms with E-state index >= 15 is 0 Å². The maximum absolute atomic E-state index is 13.2. The van der Waals surface area contributed by atoms with Gasteiger partial charge in [0, 0.05) is 0 Å². The van der Waals surface area contributed by atoms with Crippen molar-refractivity contribution in [3.63, 3.8) is 0 Å². The van der Waals surface area contributed by atoms with Gasteiger partial charge < -0.3 is 10.4 Å². The number of aliphatic hydroxyl groups excluding tert-OH is 1. The first kappa shape index (κ1) is 16.9. The van der Waals surface area contributed by atoms with Crippen LogP contribution in [0.5, 0.6) is 0 Å². The lowest BCUT2D eigenvalue weighted by atomic mass is 10.1. The van der Waals surface area contributed by atoms with E-state index in [0.29, 0.717) is 11.3 Å². The number of carbonyl (C=O) groups excluding carboxylic acids is 1. The molecule has 0 aliphatic rings. The summed E-state index contributed by atoms with van der Waals surface area (Å²) in [5.41, 5.74) is 2.60. The van der Waals surface area contributed by atoms with E-state index in [9.17, 15) is 14.3 Å². The maximum atomic E-state index is 13.2. The second-order valence-corrected chi connectivity index (χ2v) is 5.71. The summed E-state index contributed by atoms with van der Waals surface area (Å²) >= 11 is 0. The van der Waals surface area contributed by atoms with Gasteiger partial charge in [-0.25, -0.2) is 9.07 Å². The summed E-state index contributed by atoms with van der Waals surface area (Å²) in [6.45, 7) is 1.85. The Balaban J connectivity index is 1.68. The number of anilines is 1. The fraction of sp³-hybridized carbons (Fsp3) is 0.158. The number of halogens is 1. The van der Waals surface area contributed by atoms with Gasteiger partial charge in [0.1, 0.15) is 5.82 Å². The number of hydrogen-bond donors (Lipinski definition) is 2. The maximum Gasteiger partial charge on any atom is 0.227 e. The molecule has 0 fully saturated rings. The quantitative estimate of drug-likeness (QED) is 0.749. The lowest BCUT2D eigenvalue weighted by Crippen LogP contribution is -2.16. The predicted molar refractivity (Wildman–Crippen MR) is 92.9 cm³/mol. The van der Waals surface area contributed by atoms with Gasteiger partial charge in [-0.15, -0.1) is 0 Å². The Morgan fingerprint density at radius 1 is 1.24 bits per heavy atom. The van der Waals surface area contributed by atoms with Gasteiger partial charge in [0.2, 0.25) is 5.91 Å². The topological polar surface area (TPSA) is 67.2 Å². The molecule has 6 heteroatoms. The summed E-state index contributed by atoms with van der Waals surface area (Å²) in [6.07, 6.45) is 0.328. The van der Waals surface area contributed by atoms with E-state index in [2.05, 4.69) is 10.4 Å². The minimum absolute atomic E-state index is 0.167. The van der Waals surface area contributed by atoms with Gasteiger partial charge in [0.25, 0.3) is 0 Å². The van der Waals surface area contributed by atoms with Crippen molar-refractivity contribution < 1.29 is 14.3 Å². The lowest BCUT2D eigenvalue weighted by molar-refractivity contribution is -0.118. The van der Waals surface area contributed by atoms with Crippen LogP contribution in [0.25, 0.3) is 5.69 Å². The van der Waals surface area contributed by atoms with Gasteiger partial charge in [-0.1, -0.05) is 30.3 Å².